The van der Waals surface area contributed by atoms with Gasteiger partial charge in [-0.3, -0.25) is 0 Å². The summed E-state index contributed by atoms with van der Waals surface area (Å²) in [5.74, 6) is 0.516. The van der Waals surface area contributed by atoms with Crippen molar-refractivity contribution >= 4 is 10.0 Å². The molecule has 0 spiro atoms. The molecule has 2 aromatic carbocycles. The summed E-state index contributed by atoms with van der Waals surface area (Å²) in [6.45, 7) is 1.02. The average Bonchev–Trinajstić information content (AvgIpc) is 2.86. The Hall–Kier alpha value is -2.32. The standard InChI is InChI=1S/C18H20FNO5S/c1-20(12-13-4-6-16(23-2)15(19)10-13)26(21,22)14-5-7-17-18(11-14)25-9-3-8-24-17/h4-7,10-11H,3,8-9,12H2,1-2H3. The number of benzene rings is 2. The van der Waals surface area contributed by atoms with Crippen molar-refractivity contribution in [3.05, 3.63) is 47.8 Å². The highest BCUT2D eigenvalue weighted by molar-refractivity contribution is 7.89. The molecule has 2 aromatic rings. The van der Waals surface area contributed by atoms with Crippen LogP contribution in [0.25, 0.3) is 0 Å². The fourth-order valence-electron chi connectivity index (χ4n) is 2.63. The Balaban J connectivity index is 1.83. The fraction of sp³-hybridized carbons (Fsp3) is 0.333. The first-order valence-electron chi connectivity index (χ1n) is 8.10. The van der Waals surface area contributed by atoms with E-state index in [1.165, 1.54) is 38.4 Å². The summed E-state index contributed by atoms with van der Waals surface area (Å²) < 4.78 is 56.6. The maximum absolute atomic E-state index is 13.8. The highest BCUT2D eigenvalue weighted by Gasteiger charge is 2.24. The third-order valence-corrected chi connectivity index (χ3v) is 5.85. The van der Waals surface area contributed by atoms with Crippen LogP contribution in [0.15, 0.2) is 41.3 Å². The van der Waals surface area contributed by atoms with Gasteiger partial charge in [0.15, 0.2) is 23.1 Å². The van der Waals surface area contributed by atoms with Crippen molar-refractivity contribution in [3.8, 4) is 17.2 Å². The predicted octanol–water partition coefficient (Wildman–Crippen LogP) is 2.82. The molecule has 0 fully saturated rings. The predicted molar refractivity (Wildman–Crippen MR) is 93.7 cm³/mol. The van der Waals surface area contributed by atoms with E-state index in [1.807, 2.05) is 0 Å². The van der Waals surface area contributed by atoms with Crippen molar-refractivity contribution in [1.82, 2.24) is 4.31 Å². The van der Waals surface area contributed by atoms with Crippen LogP contribution in [0.3, 0.4) is 0 Å². The van der Waals surface area contributed by atoms with Gasteiger partial charge in [0.2, 0.25) is 10.0 Å². The van der Waals surface area contributed by atoms with Gasteiger partial charge < -0.3 is 14.2 Å². The lowest BCUT2D eigenvalue weighted by molar-refractivity contribution is 0.297. The van der Waals surface area contributed by atoms with Gasteiger partial charge >= 0.3 is 0 Å². The van der Waals surface area contributed by atoms with Crippen molar-refractivity contribution in [2.24, 2.45) is 0 Å². The summed E-state index contributed by atoms with van der Waals surface area (Å²) in [5.41, 5.74) is 0.517. The summed E-state index contributed by atoms with van der Waals surface area (Å²) in [7, 11) is -0.948. The highest BCUT2D eigenvalue weighted by atomic mass is 32.2. The van der Waals surface area contributed by atoms with Gasteiger partial charge in [-0.1, -0.05) is 6.07 Å². The van der Waals surface area contributed by atoms with Crippen LogP contribution in [0.4, 0.5) is 4.39 Å². The van der Waals surface area contributed by atoms with Crippen molar-refractivity contribution in [3.63, 3.8) is 0 Å². The molecular weight excluding hydrogens is 361 g/mol. The topological polar surface area (TPSA) is 65.1 Å². The Kier molecular flexibility index (Phi) is 5.33. The van der Waals surface area contributed by atoms with Crippen LogP contribution in [-0.2, 0) is 16.6 Å². The third-order valence-electron chi connectivity index (χ3n) is 4.05. The van der Waals surface area contributed by atoms with Gasteiger partial charge in [-0.2, -0.15) is 4.31 Å². The van der Waals surface area contributed by atoms with E-state index in [9.17, 15) is 12.8 Å². The van der Waals surface area contributed by atoms with Gasteiger partial charge in [-0.05, 0) is 29.8 Å². The molecule has 0 saturated heterocycles. The highest BCUT2D eigenvalue weighted by Crippen LogP contribution is 2.33. The molecule has 0 aliphatic carbocycles. The molecule has 3 rings (SSSR count). The molecule has 0 atom stereocenters. The van der Waals surface area contributed by atoms with Crippen LogP contribution in [0.2, 0.25) is 0 Å². The number of fused-ring (bicyclic) bond motifs is 1. The molecule has 0 radical (unpaired) electrons. The average molecular weight is 381 g/mol. The second-order valence-corrected chi connectivity index (χ2v) is 7.93. The number of rotatable bonds is 5. The minimum absolute atomic E-state index is 0.0255. The molecule has 0 N–H and O–H groups in total. The monoisotopic (exact) mass is 381 g/mol. The first-order valence-corrected chi connectivity index (χ1v) is 9.54. The lowest BCUT2D eigenvalue weighted by Gasteiger charge is -2.18. The number of methoxy groups -OCH3 is 1. The zero-order valence-corrected chi connectivity index (χ0v) is 15.4. The SMILES string of the molecule is COc1ccc(CN(C)S(=O)(=O)c2ccc3c(c2)OCCCO3)cc1F. The molecule has 0 aromatic heterocycles. The Morgan fingerprint density at radius 2 is 1.85 bits per heavy atom. The summed E-state index contributed by atoms with van der Waals surface area (Å²) in [6.07, 6.45) is 0.736. The summed E-state index contributed by atoms with van der Waals surface area (Å²) in [5, 5.41) is 0. The summed E-state index contributed by atoms with van der Waals surface area (Å²) >= 11 is 0. The molecule has 0 saturated carbocycles. The lowest BCUT2D eigenvalue weighted by atomic mass is 10.2. The van der Waals surface area contributed by atoms with E-state index >= 15 is 0 Å². The van der Waals surface area contributed by atoms with Crippen LogP contribution >= 0.6 is 0 Å². The van der Waals surface area contributed by atoms with E-state index in [2.05, 4.69) is 0 Å². The van der Waals surface area contributed by atoms with E-state index in [0.29, 0.717) is 30.3 Å². The van der Waals surface area contributed by atoms with Gasteiger partial charge in [0.25, 0.3) is 0 Å². The summed E-state index contributed by atoms with van der Waals surface area (Å²) in [6, 6.07) is 8.89. The van der Waals surface area contributed by atoms with E-state index in [1.54, 1.807) is 12.1 Å². The number of hydrogen-bond donors (Lipinski definition) is 0. The van der Waals surface area contributed by atoms with Crippen molar-refractivity contribution in [2.75, 3.05) is 27.4 Å². The van der Waals surface area contributed by atoms with Gasteiger partial charge in [0.05, 0.1) is 25.2 Å². The van der Waals surface area contributed by atoms with Crippen molar-refractivity contribution < 1.29 is 27.0 Å². The van der Waals surface area contributed by atoms with E-state index < -0.39 is 15.8 Å². The first kappa shape index (κ1) is 18.5. The van der Waals surface area contributed by atoms with Gasteiger partial charge in [-0.15, -0.1) is 0 Å². The fourth-order valence-corrected chi connectivity index (χ4v) is 3.81. The molecule has 0 amide bonds. The Bertz CT molecular complexity index is 900. The van der Waals surface area contributed by atoms with Crippen LogP contribution < -0.4 is 14.2 Å². The molecule has 1 aliphatic rings. The molecule has 6 nitrogen and oxygen atoms in total. The summed E-state index contributed by atoms with van der Waals surface area (Å²) in [4.78, 5) is 0.0956. The second kappa shape index (κ2) is 7.51. The molecule has 26 heavy (non-hydrogen) atoms. The molecule has 1 aliphatic heterocycles. The van der Waals surface area contributed by atoms with E-state index in [-0.39, 0.29) is 17.2 Å². The zero-order valence-electron chi connectivity index (χ0n) is 14.6. The maximum Gasteiger partial charge on any atom is 0.243 e. The van der Waals surface area contributed by atoms with Crippen LogP contribution in [-0.4, -0.2) is 40.1 Å². The zero-order chi connectivity index (χ0) is 18.7. The Morgan fingerprint density at radius 3 is 2.54 bits per heavy atom. The van der Waals surface area contributed by atoms with Gasteiger partial charge in [0.1, 0.15) is 0 Å². The first-order chi connectivity index (χ1) is 12.4. The second-order valence-electron chi connectivity index (χ2n) is 5.89. The number of sulfonamides is 1. The minimum Gasteiger partial charge on any atom is -0.494 e. The number of hydrogen-bond acceptors (Lipinski definition) is 5. The Morgan fingerprint density at radius 1 is 1.12 bits per heavy atom. The molecule has 0 unspecified atom stereocenters. The minimum atomic E-state index is -3.77. The largest absolute Gasteiger partial charge is 0.494 e. The smallest absolute Gasteiger partial charge is 0.243 e. The molecule has 140 valence electrons. The third kappa shape index (κ3) is 3.76. The van der Waals surface area contributed by atoms with E-state index in [0.717, 1.165) is 10.7 Å². The number of halogens is 1. The van der Waals surface area contributed by atoms with Crippen LogP contribution in [0, 0.1) is 5.82 Å². The van der Waals surface area contributed by atoms with Gasteiger partial charge in [-0.25, -0.2) is 12.8 Å². The number of nitrogens with zero attached hydrogens (tertiary/aromatic N) is 1. The van der Waals surface area contributed by atoms with Gasteiger partial charge in [0, 0.05) is 26.1 Å². The molecule has 0 bridgehead atoms. The van der Waals surface area contributed by atoms with Crippen molar-refractivity contribution in [2.45, 2.75) is 17.9 Å². The number of ether oxygens (including phenoxy) is 3. The van der Waals surface area contributed by atoms with Crippen LogP contribution in [0.1, 0.15) is 12.0 Å². The maximum atomic E-state index is 13.8. The lowest BCUT2D eigenvalue weighted by Crippen LogP contribution is -2.26. The quantitative estimate of drug-likeness (QED) is 0.797. The molecule has 8 heteroatoms. The van der Waals surface area contributed by atoms with Crippen LogP contribution in [0.5, 0.6) is 17.2 Å². The molecule has 1 heterocycles. The normalized spacial score (nSPS) is 14.2. The van der Waals surface area contributed by atoms with Crippen molar-refractivity contribution in [1.29, 1.82) is 0 Å². The Labute approximate surface area is 152 Å². The molecular formula is C18H20FNO5S. The van der Waals surface area contributed by atoms with E-state index in [4.69, 9.17) is 14.2 Å².